The monoisotopic (exact) mass is 250 g/mol. The Labute approximate surface area is 114 Å². The molecule has 0 saturated heterocycles. The van der Waals surface area contributed by atoms with Crippen LogP contribution in [0.15, 0.2) is 60.7 Å². The number of rotatable bonds is 2. The van der Waals surface area contributed by atoms with E-state index in [9.17, 15) is 0 Å². The zero-order valence-corrected chi connectivity index (χ0v) is 11.2. The van der Waals surface area contributed by atoms with Crippen molar-refractivity contribution in [2.45, 2.75) is 19.4 Å². The lowest BCUT2D eigenvalue weighted by molar-refractivity contribution is 0.0708. The number of aryl methyl sites for hydroxylation is 1. The molecular weight excluding hydrogens is 232 g/mol. The van der Waals surface area contributed by atoms with Gasteiger partial charge in [-0.25, -0.2) is 0 Å². The highest BCUT2D eigenvalue weighted by Crippen LogP contribution is 2.33. The second kappa shape index (κ2) is 5.41. The largest absolute Gasteiger partial charge is 0.369 e. The van der Waals surface area contributed by atoms with Crippen LogP contribution in [0.1, 0.15) is 29.2 Å². The van der Waals surface area contributed by atoms with E-state index in [-0.39, 0.29) is 6.10 Å². The lowest BCUT2D eigenvalue weighted by atomic mass is 9.93. The fraction of sp³-hybridized carbons (Fsp3) is 0.222. The predicted molar refractivity (Wildman–Crippen MR) is 78.9 cm³/mol. The first kappa shape index (κ1) is 12.2. The average molecular weight is 250 g/mol. The van der Waals surface area contributed by atoms with Crippen molar-refractivity contribution in [3.05, 3.63) is 77.4 Å². The summed E-state index contributed by atoms with van der Waals surface area (Å²) >= 11 is 0. The third-order valence-corrected chi connectivity index (χ3v) is 3.59. The zero-order valence-electron chi connectivity index (χ0n) is 11.2. The van der Waals surface area contributed by atoms with Crippen LogP contribution in [0.3, 0.4) is 0 Å². The Morgan fingerprint density at radius 1 is 1.00 bits per heavy atom. The Morgan fingerprint density at radius 2 is 1.84 bits per heavy atom. The van der Waals surface area contributed by atoms with Crippen LogP contribution in [0.5, 0.6) is 0 Å². The molecule has 2 aromatic rings. The fourth-order valence-corrected chi connectivity index (χ4v) is 2.58. The maximum absolute atomic E-state index is 5.89. The van der Waals surface area contributed by atoms with Gasteiger partial charge in [0, 0.05) is 6.42 Å². The lowest BCUT2D eigenvalue weighted by Gasteiger charge is -2.24. The molecule has 0 N–H and O–H groups in total. The molecule has 2 aromatic carbocycles. The summed E-state index contributed by atoms with van der Waals surface area (Å²) < 4.78 is 5.89. The molecule has 1 heteroatoms. The van der Waals surface area contributed by atoms with Crippen LogP contribution in [-0.4, -0.2) is 6.61 Å². The van der Waals surface area contributed by atoms with Crippen LogP contribution < -0.4 is 0 Å². The van der Waals surface area contributed by atoms with E-state index >= 15 is 0 Å². The topological polar surface area (TPSA) is 9.23 Å². The highest BCUT2D eigenvalue weighted by Gasteiger charge is 2.18. The summed E-state index contributed by atoms with van der Waals surface area (Å²) in [6.07, 6.45) is 3.33. The van der Waals surface area contributed by atoms with Crippen molar-refractivity contribution in [2.75, 3.05) is 6.61 Å². The third-order valence-electron chi connectivity index (χ3n) is 3.59. The smallest absolute Gasteiger partial charge is 0.0869 e. The van der Waals surface area contributed by atoms with Gasteiger partial charge in [-0.2, -0.15) is 0 Å². The Bertz CT molecular complexity index is 584. The van der Waals surface area contributed by atoms with Crippen LogP contribution in [0.2, 0.25) is 0 Å². The third kappa shape index (κ3) is 2.77. The Balaban J connectivity index is 1.83. The van der Waals surface area contributed by atoms with Crippen molar-refractivity contribution in [1.82, 2.24) is 0 Å². The molecule has 1 aliphatic heterocycles. The fourth-order valence-electron chi connectivity index (χ4n) is 2.58. The lowest BCUT2D eigenvalue weighted by Crippen LogP contribution is -2.11. The number of hydrogen-bond acceptors (Lipinski definition) is 1. The first-order valence-corrected chi connectivity index (χ1v) is 6.75. The van der Waals surface area contributed by atoms with Crippen molar-refractivity contribution < 1.29 is 4.74 Å². The van der Waals surface area contributed by atoms with Gasteiger partial charge in [0.2, 0.25) is 0 Å². The van der Waals surface area contributed by atoms with Gasteiger partial charge < -0.3 is 4.74 Å². The average Bonchev–Trinajstić information content (AvgIpc) is 2.48. The summed E-state index contributed by atoms with van der Waals surface area (Å²) in [6.45, 7) is 2.82. The minimum Gasteiger partial charge on any atom is -0.369 e. The molecule has 0 saturated carbocycles. The molecule has 96 valence electrons. The number of hydrogen-bond donors (Lipinski definition) is 0. The van der Waals surface area contributed by atoms with Crippen LogP contribution in [0.4, 0.5) is 0 Å². The molecule has 3 rings (SSSR count). The van der Waals surface area contributed by atoms with E-state index in [1.54, 1.807) is 0 Å². The molecule has 1 atom stereocenters. The van der Waals surface area contributed by atoms with Crippen molar-refractivity contribution >= 4 is 5.57 Å². The van der Waals surface area contributed by atoms with E-state index in [4.69, 9.17) is 4.74 Å². The maximum Gasteiger partial charge on any atom is 0.0869 e. The van der Waals surface area contributed by atoms with E-state index in [1.807, 2.05) is 0 Å². The van der Waals surface area contributed by atoms with Crippen LogP contribution in [0, 0.1) is 6.92 Å². The molecule has 0 fully saturated rings. The van der Waals surface area contributed by atoms with Crippen molar-refractivity contribution in [1.29, 1.82) is 0 Å². The summed E-state index contributed by atoms with van der Waals surface area (Å²) in [4.78, 5) is 0. The van der Waals surface area contributed by atoms with Gasteiger partial charge in [-0.05, 0) is 23.6 Å². The summed E-state index contributed by atoms with van der Waals surface area (Å²) in [6, 6.07) is 19.2. The molecule has 19 heavy (non-hydrogen) atoms. The van der Waals surface area contributed by atoms with E-state index in [0.717, 1.165) is 6.42 Å². The van der Waals surface area contributed by atoms with Gasteiger partial charge in [0.15, 0.2) is 0 Å². The van der Waals surface area contributed by atoms with Gasteiger partial charge in [-0.3, -0.25) is 0 Å². The minimum atomic E-state index is 0.181. The van der Waals surface area contributed by atoms with Crippen LogP contribution in [0.25, 0.3) is 5.57 Å². The van der Waals surface area contributed by atoms with Gasteiger partial charge in [0.1, 0.15) is 0 Å². The summed E-state index contributed by atoms with van der Waals surface area (Å²) in [5.41, 5.74) is 5.26. The Kier molecular flexibility index (Phi) is 3.47. The van der Waals surface area contributed by atoms with Gasteiger partial charge >= 0.3 is 0 Å². The van der Waals surface area contributed by atoms with E-state index in [0.29, 0.717) is 6.61 Å². The Hall–Kier alpha value is -1.86. The summed E-state index contributed by atoms with van der Waals surface area (Å²) in [5, 5.41) is 0. The van der Waals surface area contributed by atoms with Crippen molar-refractivity contribution in [3.8, 4) is 0 Å². The van der Waals surface area contributed by atoms with Gasteiger partial charge in [-0.15, -0.1) is 0 Å². The van der Waals surface area contributed by atoms with Gasteiger partial charge in [-0.1, -0.05) is 66.2 Å². The first-order valence-electron chi connectivity index (χ1n) is 6.75. The number of ether oxygens (including phenoxy) is 1. The molecule has 0 aliphatic carbocycles. The second-order valence-corrected chi connectivity index (χ2v) is 5.04. The molecule has 0 spiro atoms. The molecule has 0 amide bonds. The SMILES string of the molecule is Cc1cccc(C2CC(c3ccccc3)=CCO2)c1. The molecule has 0 radical (unpaired) electrons. The van der Waals surface area contributed by atoms with Gasteiger partial charge in [0.05, 0.1) is 12.7 Å². The number of benzene rings is 2. The predicted octanol–water partition coefficient (Wildman–Crippen LogP) is 4.54. The first-order chi connectivity index (χ1) is 9.33. The van der Waals surface area contributed by atoms with Gasteiger partial charge in [0.25, 0.3) is 0 Å². The summed E-state index contributed by atoms with van der Waals surface area (Å²) in [7, 11) is 0. The summed E-state index contributed by atoms with van der Waals surface area (Å²) in [5.74, 6) is 0. The Morgan fingerprint density at radius 3 is 2.63 bits per heavy atom. The van der Waals surface area contributed by atoms with Crippen LogP contribution >= 0.6 is 0 Å². The molecule has 1 unspecified atom stereocenters. The van der Waals surface area contributed by atoms with Crippen LogP contribution in [-0.2, 0) is 4.74 Å². The zero-order chi connectivity index (χ0) is 13.1. The molecule has 1 heterocycles. The van der Waals surface area contributed by atoms with E-state index in [2.05, 4.69) is 67.6 Å². The van der Waals surface area contributed by atoms with Crippen molar-refractivity contribution in [2.24, 2.45) is 0 Å². The standard InChI is InChI=1S/C18H18O/c1-14-6-5-9-17(12-14)18-13-16(10-11-19-18)15-7-3-2-4-8-15/h2-10,12,18H,11,13H2,1H3. The highest BCUT2D eigenvalue weighted by atomic mass is 16.5. The molecule has 0 aromatic heterocycles. The normalized spacial score (nSPS) is 19.0. The van der Waals surface area contributed by atoms with Crippen molar-refractivity contribution in [3.63, 3.8) is 0 Å². The molecule has 0 bridgehead atoms. The maximum atomic E-state index is 5.89. The molecular formula is C18H18O. The van der Waals surface area contributed by atoms with E-state index < -0.39 is 0 Å². The molecule has 1 nitrogen and oxygen atoms in total. The minimum absolute atomic E-state index is 0.181. The highest BCUT2D eigenvalue weighted by molar-refractivity contribution is 5.66. The molecule has 1 aliphatic rings. The quantitative estimate of drug-likeness (QED) is 0.760. The second-order valence-electron chi connectivity index (χ2n) is 5.04. The van der Waals surface area contributed by atoms with E-state index in [1.165, 1.54) is 22.3 Å².